The summed E-state index contributed by atoms with van der Waals surface area (Å²) in [6.07, 6.45) is 4.45. The number of carbonyl (C=O) groups is 1. The van der Waals surface area contributed by atoms with Gasteiger partial charge in [-0.3, -0.25) is 4.79 Å². The lowest BCUT2D eigenvalue weighted by atomic mass is 10.0. The summed E-state index contributed by atoms with van der Waals surface area (Å²) >= 11 is 3.59. The zero-order chi connectivity index (χ0) is 10.6. The normalized spacial score (nSPS) is 24.8. The van der Waals surface area contributed by atoms with Crippen LogP contribution in [0.2, 0.25) is 0 Å². The molecule has 1 aliphatic rings. The molecular weight excluding hydrogens is 242 g/mol. The van der Waals surface area contributed by atoms with Gasteiger partial charge in [-0.05, 0) is 19.3 Å². The first-order valence-corrected chi connectivity index (χ1v) is 6.49. The Balaban J connectivity index is 2.42. The highest BCUT2D eigenvalue weighted by Crippen LogP contribution is 2.19. The van der Waals surface area contributed by atoms with Gasteiger partial charge in [-0.2, -0.15) is 0 Å². The average Bonchev–Trinajstić information content (AvgIpc) is 2.17. The molecule has 1 saturated heterocycles. The average molecular weight is 262 g/mol. The molecule has 0 aliphatic carbocycles. The molecule has 0 spiro atoms. The molecule has 2 nitrogen and oxygen atoms in total. The Morgan fingerprint density at radius 2 is 2.36 bits per heavy atom. The fourth-order valence-corrected chi connectivity index (χ4v) is 2.67. The maximum absolute atomic E-state index is 11.9. The topological polar surface area (TPSA) is 20.3 Å². The van der Waals surface area contributed by atoms with Crippen molar-refractivity contribution in [1.82, 2.24) is 4.90 Å². The lowest BCUT2D eigenvalue weighted by molar-refractivity contribution is -0.135. The van der Waals surface area contributed by atoms with Crippen molar-refractivity contribution in [1.29, 1.82) is 0 Å². The van der Waals surface area contributed by atoms with Crippen molar-refractivity contribution in [2.45, 2.75) is 44.4 Å². The van der Waals surface area contributed by atoms with Crippen molar-refractivity contribution in [3.8, 4) is 0 Å². The molecule has 1 amide bonds. The van der Waals surface area contributed by atoms with E-state index in [1.54, 1.807) is 0 Å². The van der Waals surface area contributed by atoms with Gasteiger partial charge in [-0.15, -0.1) is 0 Å². The van der Waals surface area contributed by atoms with Crippen LogP contribution < -0.4 is 0 Å². The molecule has 0 radical (unpaired) electrons. The Hall–Kier alpha value is -0.0500. The molecule has 1 rings (SSSR count). The summed E-state index contributed by atoms with van der Waals surface area (Å²) in [6.45, 7) is 6.03. The Morgan fingerprint density at radius 3 is 2.93 bits per heavy atom. The lowest BCUT2D eigenvalue weighted by Gasteiger charge is -2.32. The van der Waals surface area contributed by atoms with Crippen LogP contribution >= 0.6 is 15.9 Å². The summed E-state index contributed by atoms with van der Waals surface area (Å²) in [5.41, 5.74) is 0. The SMILES string of the molecule is CCCC(C)C(=O)N1CCCC(Br)C1. The standard InChI is InChI=1S/C11H20BrNO/c1-3-5-9(2)11(14)13-7-4-6-10(12)8-13/h9-10H,3-8H2,1-2H3. The van der Waals surface area contributed by atoms with E-state index in [1.807, 2.05) is 11.8 Å². The Kier molecular flexibility index (Phi) is 4.93. The van der Waals surface area contributed by atoms with E-state index in [-0.39, 0.29) is 5.92 Å². The van der Waals surface area contributed by atoms with E-state index in [0.29, 0.717) is 10.7 Å². The van der Waals surface area contributed by atoms with Crippen LogP contribution in [0.15, 0.2) is 0 Å². The summed E-state index contributed by atoms with van der Waals surface area (Å²) in [7, 11) is 0. The van der Waals surface area contributed by atoms with E-state index >= 15 is 0 Å². The van der Waals surface area contributed by atoms with Gasteiger partial charge >= 0.3 is 0 Å². The predicted octanol–water partition coefficient (Wildman–Crippen LogP) is 2.81. The first kappa shape index (κ1) is 12.0. The monoisotopic (exact) mass is 261 g/mol. The molecule has 2 unspecified atom stereocenters. The third-order valence-electron chi connectivity index (χ3n) is 2.82. The molecule has 0 aromatic heterocycles. The van der Waals surface area contributed by atoms with Gasteiger partial charge in [-0.25, -0.2) is 0 Å². The summed E-state index contributed by atoms with van der Waals surface area (Å²) in [4.78, 5) is 14.5. The number of halogens is 1. The van der Waals surface area contributed by atoms with Crippen molar-refractivity contribution in [2.24, 2.45) is 5.92 Å². The summed E-state index contributed by atoms with van der Waals surface area (Å²) in [6, 6.07) is 0. The van der Waals surface area contributed by atoms with E-state index in [4.69, 9.17) is 0 Å². The number of amides is 1. The van der Waals surface area contributed by atoms with Gasteiger partial charge in [0, 0.05) is 23.8 Å². The Bertz CT molecular complexity index is 196. The number of likely N-dealkylation sites (tertiary alicyclic amines) is 1. The minimum absolute atomic E-state index is 0.206. The quantitative estimate of drug-likeness (QED) is 0.716. The molecule has 82 valence electrons. The number of piperidine rings is 1. The summed E-state index contributed by atoms with van der Waals surface area (Å²) in [5, 5.41) is 0. The van der Waals surface area contributed by atoms with Crippen molar-refractivity contribution in [2.75, 3.05) is 13.1 Å². The fourth-order valence-electron chi connectivity index (χ4n) is 1.99. The maximum atomic E-state index is 11.9. The second kappa shape index (κ2) is 5.74. The second-order valence-electron chi connectivity index (χ2n) is 4.21. The van der Waals surface area contributed by atoms with Crippen LogP contribution in [0.3, 0.4) is 0 Å². The van der Waals surface area contributed by atoms with Gasteiger partial charge in [0.05, 0.1) is 0 Å². The van der Waals surface area contributed by atoms with Crippen molar-refractivity contribution >= 4 is 21.8 Å². The van der Waals surface area contributed by atoms with Crippen LogP contribution in [0.5, 0.6) is 0 Å². The number of carbonyl (C=O) groups excluding carboxylic acids is 1. The second-order valence-corrected chi connectivity index (χ2v) is 5.51. The van der Waals surface area contributed by atoms with Crippen LogP contribution in [-0.4, -0.2) is 28.7 Å². The van der Waals surface area contributed by atoms with Crippen LogP contribution in [0.25, 0.3) is 0 Å². The molecule has 0 aromatic rings. The van der Waals surface area contributed by atoms with Gasteiger partial charge in [0.15, 0.2) is 0 Å². The third kappa shape index (κ3) is 3.26. The van der Waals surface area contributed by atoms with E-state index in [1.165, 1.54) is 6.42 Å². The minimum Gasteiger partial charge on any atom is -0.341 e. The molecule has 2 atom stereocenters. The number of alkyl halides is 1. The fraction of sp³-hybridized carbons (Fsp3) is 0.909. The maximum Gasteiger partial charge on any atom is 0.225 e. The summed E-state index contributed by atoms with van der Waals surface area (Å²) in [5.74, 6) is 0.550. The highest BCUT2D eigenvalue weighted by molar-refractivity contribution is 9.09. The van der Waals surface area contributed by atoms with Crippen molar-refractivity contribution < 1.29 is 4.79 Å². The van der Waals surface area contributed by atoms with E-state index < -0.39 is 0 Å². The zero-order valence-corrected chi connectivity index (χ0v) is 10.7. The largest absolute Gasteiger partial charge is 0.341 e. The van der Waals surface area contributed by atoms with Crippen molar-refractivity contribution in [3.63, 3.8) is 0 Å². The first-order chi connectivity index (χ1) is 6.65. The molecule has 1 fully saturated rings. The van der Waals surface area contributed by atoms with Gasteiger partial charge in [0.25, 0.3) is 0 Å². The molecular formula is C11H20BrNO. The highest BCUT2D eigenvalue weighted by Gasteiger charge is 2.24. The first-order valence-electron chi connectivity index (χ1n) is 5.58. The Labute approximate surface area is 95.2 Å². The van der Waals surface area contributed by atoms with Crippen molar-refractivity contribution in [3.05, 3.63) is 0 Å². The van der Waals surface area contributed by atoms with Crippen LogP contribution in [-0.2, 0) is 4.79 Å². The number of nitrogens with zero attached hydrogens (tertiary/aromatic N) is 1. The molecule has 1 heterocycles. The number of hydrogen-bond acceptors (Lipinski definition) is 1. The smallest absolute Gasteiger partial charge is 0.225 e. The molecule has 1 aliphatic heterocycles. The lowest BCUT2D eigenvalue weighted by Crippen LogP contribution is -2.42. The van der Waals surface area contributed by atoms with E-state index in [0.717, 1.165) is 32.4 Å². The van der Waals surface area contributed by atoms with Gasteiger partial charge < -0.3 is 4.90 Å². The van der Waals surface area contributed by atoms with E-state index in [9.17, 15) is 4.79 Å². The number of hydrogen-bond donors (Lipinski definition) is 0. The molecule has 0 saturated carbocycles. The molecule has 14 heavy (non-hydrogen) atoms. The molecule has 0 bridgehead atoms. The van der Waals surface area contributed by atoms with Crippen LogP contribution in [0.1, 0.15) is 39.5 Å². The molecule has 0 aromatic carbocycles. The van der Waals surface area contributed by atoms with Gasteiger partial charge in [0.1, 0.15) is 0 Å². The van der Waals surface area contributed by atoms with Gasteiger partial charge in [0.2, 0.25) is 5.91 Å². The Morgan fingerprint density at radius 1 is 1.64 bits per heavy atom. The van der Waals surface area contributed by atoms with E-state index in [2.05, 4.69) is 22.9 Å². The van der Waals surface area contributed by atoms with Crippen LogP contribution in [0.4, 0.5) is 0 Å². The van der Waals surface area contributed by atoms with Gasteiger partial charge in [-0.1, -0.05) is 36.2 Å². The summed E-state index contributed by atoms with van der Waals surface area (Å²) < 4.78 is 0. The third-order valence-corrected chi connectivity index (χ3v) is 3.57. The number of rotatable bonds is 3. The minimum atomic E-state index is 0.206. The van der Waals surface area contributed by atoms with Crippen LogP contribution in [0, 0.1) is 5.92 Å². The molecule has 3 heteroatoms. The molecule has 0 N–H and O–H groups in total. The zero-order valence-electron chi connectivity index (χ0n) is 9.13. The highest BCUT2D eigenvalue weighted by atomic mass is 79.9. The predicted molar refractivity (Wildman–Crippen MR) is 62.6 cm³/mol.